The number of H-pyrrole nitrogens is 1. The van der Waals surface area contributed by atoms with Gasteiger partial charge in [0.25, 0.3) is 5.91 Å². The molecule has 2 aromatic rings. The van der Waals surface area contributed by atoms with Gasteiger partial charge in [-0.2, -0.15) is 0 Å². The van der Waals surface area contributed by atoms with E-state index < -0.39 is 0 Å². The average Bonchev–Trinajstić information content (AvgIpc) is 2.77. The van der Waals surface area contributed by atoms with Gasteiger partial charge in [0, 0.05) is 22.5 Å². The molecule has 2 rings (SSSR count). The van der Waals surface area contributed by atoms with Crippen molar-refractivity contribution in [3.05, 3.63) is 35.0 Å². The summed E-state index contributed by atoms with van der Waals surface area (Å²) in [5.74, 6) is -0.0595. The molecule has 1 aromatic carbocycles. The molecule has 0 bridgehead atoms. The van der Waals surface area contributed by atoms with E-state index in [9.17, 15) is 4.79 Å². The van der Waals surface area contributed by atoms with Crippen molar-refractivity contribution >= 4 is 51.0 Å². The van der Waals surface area contributed by atoms with Crippen molar-refractivity contribution in [2.45, 2.75) is 12.8 Å². The largest absolute Gasteiger partial charge is 0.351 e. The van der Waals surface area contributed by atoms with Gasteiger partial charge in [-0.25, -0.2) is 0 Å². The zero-order valence-corrected chi connectivity index (χ0v) is 12.7. The molecule has 18 heavy (non-hydrogen) atoms. The average molecular weight is 377 g/mol. The van der Waals surface area contributed by atoms with E-state index in [1.807, 2.05) is 24.3 Å². The standard InChI is InChI=1S/C13H14ClIN2O/c14-10-3-4-11-9(7-10)8-12(17-11)13(18)16-6-2-1-5-15/h3-4,7-8,17H,1-2,5-6H2,(H,16,18). The van der Waals surface area contributed by atoms with Gasteiger partial charge in [-0.1, -0.05) is 34.2 Å². The number of unbranched alkanes of at least 4 members (excludes halogenated alkanes) is 1. The molecule has 0 aliphatic heterocycles. The minimum absolute atomic E-state index is 0.0595. The molecule has 1 heterocycles. The molecule has 96 valence electrons. The first kappa shape index (κ1) is 13.7. The summed E-state index contributed by atoms with van der Waals surface area (Å²) in [4.78, 5) is 15.0. The number of hydrogen-bond acceptors (Lipinski definition) is 1. The van der Waals surface area contributed by atoms with Crippen LogP contribution in [0, 0.1) is 0 Å². The van der Waals surface area contributed by atoms with Gasteiger partial charge in [-0.3, -0.25) is 4.79 Å². The maximum atomic E-state index is 11.9. The molecule has 0 aliphatic rings. The lowest BCUT2D eigenvalue weighted by Crippen LogP contribution is -2.24. The van der Waals surface area contributed by atoms with Crippen molar-refractivity contribution in [1.82, 2.24) is 10.3 Å². The Morgan fingerprint density at radius 2 is 2.17 bits per heavy atom. The van der Waals surface area contributed by atoms with E-state index >= 15 is 0 Å². The minimum Gasteiger partial charge on any atom is -0.351 e. The van der Waals surface area contributed by atoms with Crippen LogP contribution in [0.2, 0.25) is 5.02 Å². The number of amides is 1. The summed E-state index contributed by atoms with van der Waals surface area (Å²) in [6.07, 6.45) is 2.14. The van der Waals surface area contributed by atoms with Gasteiger partial charge >= 0.3 is 0 Å². The van der Waals surface area contributed by atoms with E-state index in [2.05, 4.69) is 32.9 Å². The molecule has 5 heteroatoms. The second-order valence-electron chi connectivity index (χ2n) is 4.07. The molecule has 0 fully saturated rings. The van der Waals surface area contributed by atoms with Crippen molar-refractivity contribution in [1.29, 1.82) is 0 Å². The van der Waals surface area contributed by atoms with Crippen LogP contribution in [0.25, 0.3) is 10.9 Å². The fourth-order valence-corrected chi connectivity index (χ4v) is 2.46. The Kier molecular flexibility index (Phi) is 4.88. The Bertz CT molecular complexity index is 553. The van der Waals surface area contributed by atoms with Crippen molar-refractivity contribution in [3.63, 3.8) is 0 Å². The number of benzene rings is 1. The molecule has 0 atom stereocenters. The second-order valence-corrected chi connectivity index (χ2v) is 5.58. The van der Waals surface area contributed by atoms with E-state index in [0.29, 0.717) is 10.7 Å². The highest BCUT2D eigenvalue weighted by molar-refractivity contribution is 14.1. The first-order chi connectivity index (χ1) is 8.70. The van der Waals surface area contributed by atoms with Crippen LogP contribution in [0.3, 0.4) is 0 Å². The summed E-state index contributed by atoms with van der Waals surface area (Å²) in [6, 6.07) is 7.36. The Hall–Kier alpha value is -0.750. The van der Waals surface area contributed by atoms with E-state index in [-0.39, 0.29) is 5.91 Å². The van der Waals surface area contributed by atoms with Gasteiger partial charge in [-0.15, -0.1) is 0 Å². The van der Waals surface area contributed by atoms with E-state index in [1.165, 1.54) is 0 Å². The number of carbonyl (C=O) groups is 1. The van der Waals surface area contributed by atoms with Crippen LogP contribution in [0.15, 0.2) is 24.3 Å². The normalized spacial score (nSPS) is 10.8. The molecule has 2 N–H and O–H groups in total. The van der Waals surface area contributed by atoms with Crippen molar-refractivity contribution in [2.75, 3.05) is 11.0 Å². The lowest BCUT2D eigenvalue weighted by molar-refractivity contribution is 0.0949. The third kappa shape index (κ3) is 3.38. The SMILES string of the molecule is O=C(NCCCCI)c1cc2cc(Cl)ccc2[nH]1. The van der Waals surface area contributed by atoms with Gasteiger partial charge in [0.1, 0.15) is 5.69 Å². The summed E-state index contributed by atoms with van der Waals surface area (Å²) in [6.45, 7) is 0.720. The molecule has 0 aliphatic carbocycles. The molecule has 1 amide bonds. The lowest BCUT2D eigenvalue weighted by atomic mass is 10.2. The number of aromatic amines is 1. The van der Waals surface area contributed by atoms with Gasteiger partial charge < -0.3 is 10.3 Å². The maximum absolute atomic E-state index is 11.9. The number of alkyl halides is 1. The third-order valence-electron chi connectivity index (χ3n) is 2.67. The molecule has 3 nitrogen and oxygen atoms in total. The molecular weight excluding hydrogens is 363 g/mol. The molecule has 0 unspecified atom stereocenters. The molecule has 0 spiro atoms. The van der Waals surface area contributed by atoms with Crippen LogP contribution in [0.1, 0.15) is 23.3 Å². The number of hydrogen-bond donors (Lipinski definition) is 2. The summed E-state index contributed by atoms with van der Waals surface area (Å²) in [7, 11) is 0. The molecule has 1 aromatic heterocycles. The van der Waals surface area contributed by atoms with Crippen LogP contribution in [-0.4, -0.2) is 21.9 Å². The predicted molar refractivity (Wildman–Crippen MR) is 83.8 cm³/mol. The Balaban J connectivity index is 2.04. The van der Waals surface area contributed by atoms with Crippen molar-refractivity contribution < 1.29 is 4.79 Å². The highest BCUT2D eigenvalue weighted by Crippen LogP contribution is 2.19. The van der Waals surface area contributed by atoms with E-state index in [1.54, 1.807) is 0 Å². The Morgan fingerprint density at radius 1 is 1.33 bits per heavy atom. The first-order valence-electron chi connectivity index (χ1n) is 5.83. The zero-order chi connectivity index (χ0) is 13.0. The van der Waals surface area contributed by atoms with Crippen LogP contribution in [0.4, 0.5) is 0 Å². The van der Waals surface area contributed by atoms with Crippen LogP contribution in [0.5, 0.6) is 0 Å². The van der Waals surface area contributed by atoms with E-state index in [0.717, 1.165) is 34.7 Å². The lowest BCUT2D eigenvalue weighted by Gasteiger charge is -2.01. The predicted octanol–water partition coefficient (Wildman–Crippen LogP) is 3.77. The topological polar surface area (TPSA) is 44.9 Å². The quantitative estimate of drug-likeness (QED) is 0.466. The fourth-order valence-electron chi connectivity index (χ4n) is 1.74. The maximum Gasteiger partial charge on any atom is 0.267 e. The zero-order valence-electron chi connectivity index (χ0n) is 9.80. The Morgan fingerprint density at radius 3 is 2.94 bits per heavy atom. The highest BCUT2D eigenvalue weighted by Gasteiger charge is 2.08. The summed E-state index contributed by atoms with van der Waals surface area (Å²) >= 11 is 8.25. The number of carbonyl (C=O) groups excluding carboxylic acids is 1. The van der Waals surface area contributed by atoms with Gasteiger partial charge in [0.2, 0.25) is 0 Å². The molecule has 0 saturated heterocycles. The van der Waals surface area contributed by atoms with E-state index in [4.69, 9.17) is 11.6 Å². The summed E-state index contributed by atoms with van der Waals surface area (Å²) < 4.78 is 1.12. The minimum atomic E-state index is -0.0595. The molecule has 0 saturated carbocycles. The summed E-state index contributed by atoms with van der Waals surface area (Å²) in [5.41, 5.74) is 1.51. The van der Waals surface area contributed by atoms with Gasteiger partial charge in [0.15, 0.2) is 0 Å². The third-order valence-corrected chi connectivity index (χ3v) is 3.67. The molecular formula is C13H14ClIN2O. The van der Waals surface area contributed by atoms with Crippen LogP contribution < -0.4 is 5.32 Å². The van der Waals surface area contributed by atoms with Crippen LogP contribution in [-0.2, 0) is 0 Å². The fraction of sp³-hybridized carbons (Fsp3) is 0.308. The van der Waals surface area contributed by atoms with Crippen molar-refractivity contribution in [2.24, 2.45) is 0 Å². The van der Waals surface area contributed by atoms with Crippen molar-refractivity contribution in [3.8, 4) is 0 Å². The van der Waals surface area contributed by atoms with Gasteiger partial charge in [0.05, 0.1) is 0 Å². The summed E-state index contributed by atoms with van der Waals surface area (Å²) in [5, 5.41) is 4.54. The smallest absolute Gasteiger partial charge is 0.267 e. The second kappa shape index (κ2) is 6.43. The number of rotatable bonds is 5. The molecule has 0 radical (unpaired) electrons. The van der Waals surface area contributed by atoms with Crippen LogP contribution >= 0.6 is 34.2 Å². The monoisotopic (exact) mass is 376 g/mol. The number of halogens is 2. The number of fused-ring (bicyclic) bond motifs is 1. The highest BCUT2D eigenvalue weighted by atomic mass is 127. The van der Waals surface area contributed by atoms with Gasteiger partial charge in [-0.05, 0) is 41.5 Å². The Labute approximate surface area is 124 Å². The number of nitrogens with one attached hydrogen (secondary N) is 2. The number of aromatic nitrogens is 1. The first-order valence-corrected chi connectivity index (χ1v) is 7.73.